The molecule has 0 saturated heterocycles. The van der Waals surface area contributed by atoms with Crippen LogP contribution in [0.5, 0.6) is 0 Å². The molecule has 0 aromatic carbocycles. The van der Waals surface area contributed by atoms with Gasteiger partial charge in [0.25, 0.3) is 5.91 Å². The first kappa shape index (κ1) is 15.3. The van der Waals surface area contributed by atoms with E-state index in [4.69, 9.17) is 11.6 Å². The van der Waals surface area contributed by atoms with Crippen molar-refractivity contribution in [3.05, 3.63) is 29.0 Å². The Morgan fingerprint density at radius 2 is 2.05 bits per heavy atom. The van der Waals surface area contributed by atoms with Gasteiger partial charge >= 0.3 is 0 Å². The monoisotopic (exact) mass is 295 g/mol. The molecule has 1 aromatic heterocycles. The Morgan fingerprint density at radius 1 is 1.35 bits per heavy atom. The van der Waals surface area contributed by atoms with Gasteiger partial charge in [-0.25, -0.2) is 4.98 Å². The topological polar surface area (TPSA) is 36.4 Å². The molecule has 0 radical (unpaired) electrons. The standard InChI is InChI=1S/C15H22ClN3O/c1-18(2)9-10-19(13-5-3-4-6-13)15(20)12-7-8-17-14(16)11-12/h7-8,11,13H,3-6,9-10H2,1-2H3. The molecule has 1 heterocycles. The van der Waals surface area contributed by atoms with Crippen molar-refractivity contribution < 1.29 is 4.79 Å². The number of halogens is 1. The Labute approximate surface area is 125 Å². The Hall–Kier alpha value is -1.13. The second-order valence-electron chi connectivity index (χ2n) is 5.61. The molecule has 1 fully saturated rings. The summed E-state index contributed by atoms with van der Waals surface area (Å²) in [6.45, 7) is 1.64. The Balaban J connectivity index is 2.14. The van der Waals surface area contributed by atoms with E-state index in [2.05, 4.69) is 9.88 Å². The van der Waals surface area contributed by atoms with Gasteiger partial charge in [-0.2, -0.15) is 0 Å². The Kier molecular flexibility index (Phi) is 5.38. The predicted molar refractivity (Wildman–Crippen MR) is 81.1 cm³/mol. The van der Waals surface area contributed by atoms with Gasteiger partial charge in [-0.05, 0) is 39.1 Å². The van der Waals surface area contributed by atoms with Gasteiger partial charge < -0.3 is 9.80 Å². The molecule has 0 N–H and O–H groups in total. The molecule has 0 atom stereocenters. The fraction of sp³-hybridized carbons (Fsp3) is 0.600. The summed E-state index contributed by atoms with van der Waals surface area (Å²) in [4.78, 5) is 20.8. The van der Waals surface area contributed by atoms with Gasteiger partial charge in [0.15, 0.2) is 0 Å². The average molecular weight is 296 g/mol. The van der Waals surface area contributed by atoms with Gasteiger partial charge in [0.05, 0.1) is 0 Å². The minimum Gasteiger partial charge on any atom is -0.334 e. The minimum absolute atomic E-state index is 0.0723. The second-order valence-corrected chi connectivity index (χ2v) is 5.99. The molecule has 1 amide bonds. The van der Waals surface area contributed by atoms with Crippen molar-refractivity contribution in [1.29, 1.82) is 0 Å². The number of nitrogens with zero attached hydrogens (tertiary/aromatic N) is 3. The van der Waals surface area contributed by atoms with Gasteiger partial charge in [0.1, 0.15) is 5.15 Å². The quantitative estimate of drug-likeness (QED) is 0.784. The molecule has 1 aliphatic rings. The molecule has 1 aromatic rings. The summed E-state index contributed by atoms with van der Waals surface area (Å²) in [6, 6.07) is 3.77. The molecule has 2 rings (SSSR count). The van der Waals surface area contributed by atoms with E-state index in [-0.39, 0.29) is 5.91 Å². The molecule has 0 bridgehead atoms. The molecule has 1 saturated carbocycles. The van der Waals surface area contributed by atoms with Gasteiger partial charge in [-0.1, -0.05) is 24.4 Å². The molecule has 0 spiro atoms. The van der Waals surface area contributed by atoms with E-state index >= 15 is 0 Å². The number of amides is 1. The third kappa shape index (κ3) is 3.93. The number of pyridine rings is 1. The van der Waals surface area contributed by atoms with Crippen LogP contribution in [0, 0.1) is 0 Å². The summed E-state index contributed by atoms with van der Waals surface area (Å²) >= 11 is 5.89. The molecule has 1 aliphatic carbocycles. The van der Waals surface area contributed by atoms with Crippen LogP contribution >= 0.6 is 11.6 Å². The Bertz CT molecular complexity index is 458. The van der Waals surface area contributed by atoms with Crippen LogP contribution in [-0.4, -0.2) is 53.9 Å². The van der Waals surface area contributed by atoms with Crippen LogP contribution in [0.1, 0.15) is 36.0 Å². The van der Waals surface area contributed by atoms with Crippen molar-refractivity contribution in [2.24, 2.45) is 0 Å². The maximum Gasteiger partial charge on any atom is 0.254 e. The molecular weight excluding hydrogens is 274 g/mol. The highest BCUT2D eigenvalue weighted by Crippen LogP contribution is 2.25. The van der Waals surface area contributed by atoms with Crippen LogP contribution in [0.4, 0.5) is 0 Å². The van der Waals surface area contributed by atoms with Gasteiger partial charge in [0.2, 0.25) is 0 Å². The van der Waals surface area contributed by atoms with E-state index in [9.17, 15) is 4.79 Å². The van der Waals surface area contributed by atoms with Crippen molar-refractivity contribution in [1.82, 2.24) is 14.8 Å². The summed E-state index contributed by atoms with van der Waals surface area (Å²) in [5.74, 6) is 0.0723. The maximum atomic E-state index is 12.7. The van der Waals surface area contributed by atoms with E-state index in [1.165, 1.54) is 12.8 Å². The fourth-order valence-electron chi connectivity index (χ4n) is 2.67. The summed E-state index contributed by atoms with van der Waals surface area (Å²) < 4.78 is 0. The molecular formula is C15H22ClN3O. The van der Waals surface area contributed by atoms with Gasteiger partial charge in [0, 0.05) is 30.9 Å². The average Bonchev–Trinajstić information content (AvgIpc) is 2.92. The lowest BCUT2D eigenvalue weighted by molar-refractivity contribution is 0.0667. The zero-order chi connectivity index (χ0) is 14.5. The van der Waals surface area contributed by atoms with Crippen molar-refractivity contribution in [2.75, 3.05) is 27.2 Å². The first-order valence-corrected chi connectivity index (χ1v) is 7.53. The fourth-order valence-corrected chi connectivity index (χ4v) is 2.85. The third-order valence-corrected chi connectivity index (χ3v) is 3.99. The SMILES string of the molecule is CN(C)CCN(C(=O)c1ccnc(Cl)c1)C1CCCC1. The smallest absolute Gasteiger partial charge is 0.254 e. The van der Waals surface area contributed by atoms with Crippen LogP contribution < -0.4 is 0 Å². The Morgan fingerprint density at radius 3 is 2.65 bits per heavy atom. The van der Waals surface area contributed by atoms with Gasteiger partial charge in [-0.3, -0.25) is 4.79 Å². The van der Waals surface area contributed by atoms with E-state index in [0.717, 1.165) is 25.9 Å². The third-order valence-electron chi connectivity index (χ3n) is 3.79. The molecule has 0 unspecified atom stereocenters. The summed E-state index contributed by atoms with van der Waals surface area (Å²) in [7, 11) is 4.06. The zero-order valence-corrected chi connectivity index (χ0v) is 12.9. The molecule has 110 valence electrons. The highest BCUT2D eigenvalue weighted by Gasteiger charge is 2.27. The van der Waals surface area contributed by atoms with E-state index in [1.54, 1.807) is 18.3 Å². The number of hydrogen-bond acceptors (Lipinski definition) is 3. The number of likely N-dealkylation sites (N-methyl/N-ethyl adjacent to an activating group) is 1. The van der Waals surface area contributed by atoms with E-state index in [0.29, 0.717) is 16.8 Å². The second kappa shape index (κ2) is 7.04. The summed E-state index contributed by atoms with van der Waals surface area (Å²) in [5, 5.41) is 0.370. The van der Waals surface area contributed by atoms with Crippen molar-refractivity contribution in [2.45, 2.75) is 31.7 Å². The van der Waals surface area contributed by atoms with E-state index < -0.39 is 0 Å². The lowest BCUT2D eigenvalue weighted by atomic mass is 10.1. The van der Waals surface area contributed by atoms with Crippen molar-refractivity contribution >= 4 is 17.5 Å². The first-order chi connectivity index (χ1) is 9.58. The lowest BCUT2D eigenvalue weighted by Crippen LogP contribution is -2.42. The number of aromatic nitrogens is 1. The number of rotatable bonds is 5. The van der Waals surface area contributed by atoms with Gasteiger partial charge in [-0.15, -0.1) is 0 Å². The highest BCUT2D eigenvalue weighted by molar-refractivity contribution is 6.29. The highest BCUT2D eigenvalue weighted by atomic mass is 35.5. The first-order valence-electron chi connectivity index (χ1n) is 7.15. The summed E-state index contributed by atoms with van der Waals surface area (Å²) in [5.41, 5.74) is 0.635. The molecule has 20 heavy (non-hydrogen) atoms. The van der Waals surface area contributed by atoms with Crippen LogP contribution in [0.2, 0.25) is 5.15 Å². The lowest BCUT2D eigenvalue weighted by Gasteiger charge is -2.30. The maximum absolute atomic E-state index is 12.7. The predicted octanol–water partition coefficient (Wildman–Crippen LogP) is 2.68. The van der Waals surface area contributed by atoms with Crippen molar-refractivity contribution in [3.8, 4) is 0 Å². The normalized spacial score (nSPS) is 15.8. The van der Waals surface area contributed by atoms with Crippen LogP contribution in [-0.2, 0) is 0 Å². The number of carbonyl (C=O) groups is 1. The van der Waals surface area contributed by atoms with E-state index in [1.807, 2.05) is 19.0 Å². The molecule has 0 aliphatic heterocycles. The minimum atomic E-state index is 0.0723. The van der Waals surface area contributed by atoms with Crippen molar-refractivity contribution in [3.63, 3.8) is 0 Å². The summed E-state index contributed by atoms with van der Waals surface area (Å²) in [6.07, 6.45) is 6.24. The molecule has 5 heteroatoms. The molecule has 4 nitrogen and oxygen atoms in total. The zero-order valence-electron chi connectivity index (χ0n) is 12.2. The largest absolute Gasteiger partial charge is 0.334 e. The van der Waals surface area contributed by atoms with Crippen LogP contribution in [0.25, 0.3) is 0 Å². The number of carbonyl (C=O) groups excluding carboxylic acids is 1. The van der Waals surface area contributed by atoms with Crippen LogP contribution in [0.3, 0.4) is 0 Å². The van der Waals surface area contributed by atoms with Crippen LogP contribution in [0.15, 0.2) is 18.3 Å². The number of hydrogen-bond donors (Lipinski definition) is 0.